The van der Waals surface area contributed by atoms with E-state index in [1.807, 2.05) is 24.3 Å². The van der Waals surface area contributed by atoms with E-state index >= 15 is 0 Å². The van der Waals surface area contributed by atoms with Crippen LogP contribution in [0.1, 0.15) is 70.6 Å². The van der Waals surface area contributed by atoms with Gasteiger partial charge in [0.15, 0.2) is 5.82 Å². The fourth-order valence-electron chi connectivity index (χ4n) is 3.65. The summed E-state index contributed by atoms with van der Waals surface area (Å²) < 4.78 is 0. The minimum Gasteiger partial charge on any atom is -0.331 e. The fourth-order valence-corrected chi connectivity index (χ4v) is 3.65. The van der Waals surface area contributed by atoms with E-state index in [0.717, 1.165) is 11.3 Å². The number of nitrogens with one attached hydrogen (secondary N) is 1. The highest BCUT2D eigenvalue weighted by Gasteiger charge is 2.25. The molecule has 0 aliphatic rings. The standard InChI is InChI=1S/C24H31N3O/c1-15(2)21(17-11-13-18(14-12-17)24(4,5)6)25-16(3)22-26-20-10-8-7-9-19(20)23(28)27-22/h7-16,21,25H,1-6H3,(H,26,27,28)/p+1/t16-,21+/m1/s1. The van der Waals surface area contributed by atoms with E-state index in [1.54, 1.807) is 0 Å². The van der Waals surface area contributed by atoms with Crippen molar-refractivity contribution in [2.75, 3.05) is 0 Å². The zero-order valence-corrected chi connectivity index (χ0v) is 17.8. The van der Waals surface area contributed by atoms with Gasteiger partial charge in [-0.3, -0.25) is 4.79 Å². The molecule has 0 radical (unpaired) electrons. The van der Waals surface area contributed by atoms with Gasteiger partial charge in [-0.15, -0.1) is 0 Å². The highest BCUT2D eigenvalue weighted by atomic mass is 16.1. The molecule has 0 saturated carbocycles. The summed E-state index contributed by atoms with van der Waals surface area (Å²) >= 11 is 0. The van der Waals surface area contributed by atoms with E-state index in [9.17, 15) is 4.79 Å². The van der Waals surface area contributed by atoms with Crippen molar-refractivity contribution in [2.45, 2.75) is 59.0 Å². The van der Waals surface area contributed by atoms with Gasteiger partial charge >= 0.3 is 0 Å². The van der Waals surface area contributed by atoms with Crippen LogP contribution < -0.4 is 10.9 Å². The predicted molar refractivity (Wildman–Crippen MR) is 115 cm³/mol. The van der Waals surface area contributed by atoms with Gasteiger partial charge in [0.05, 0.1) is 10.9 Å². The molecule has 2 atom stereocenters. The molecule has 0 bridgehead atoms. The van der Waals surface area contributed by atoms with Crippen molar-refractivity contribution < 1.29 is 5.32 Å². The van der Waals surface area contributed by atoms with Crippen LogP contribution in [0.3, 0.4) is 0 Å². The maximum atomic E-state index is 12.4. The first-order valence-electron chi connectivity index (χ1n) is 10.1. The molecule has 3 N–H and O–H groups in total. The molecule has 0 unspecified atom stereocenters. The average Bonchev–Trinajstić information content (AvgIpc) is 2.65. The van der Waals surface area contributed by atoms with Crippen LogP contribution in [0.2, 0.25) is 0 Å². The largest absolute Gasteiger partial charge is 0.331 e. The van der Waals surface area contributed by atoms with Crippen molar-refractivity contribution in [2.24, 2.45) is 5.92 Å². The zero-order valence-electron chi connectivity index (χ0n) is 17.8. The highest BCUT2D eigenvalue weighted by molar-refractivity contribution is 5.77. The molecule has 3 aromatic rings. The van der Waals surface area contributed by atoms with Crippen LogP contribution in [-0.2, 0) is 5.41 Å². The maximum absolute atomic E-state index is 12.4. The number of nitrogens with two attached hydrogens (primary N) is 1. The first kappa shape index (κ1) is 20.3. The molecule has 0 saturated heterocycles. The van der Waals surface area contributed by atoms with E-state index in [2.05, 4.69) is 76.1 Å². The molecule has 0 amide bonds. The number of quaternary nitrogens is 1. The quantitative estimate of drug-likeness (QED) is 0.697. The fraction of sp³-hybridized carbons (Fsp3) is 0.417. The van der Waals surface area contributed by atoms with Gasteiger partial charge in [-0.25, -0.2) is 4.98 Å². The number of rotatable bonds is 5. The lowest BCUT2D eigenvalue weighted by molar-refractivity contribution is -0.738. The maximum Gasteiger partial charge on any atom is 0.258 e. The minimum atomic E-state index is -0.0727. The third-order valence-corrected chi connectivity index (χ3v) is 5.44. The Kier molecular flexibility index (Phi) is 5.71. The number of H-pyrrole nitrogens is 1. The van der Waals surface area contributed by atoms with Gasteiger partial charge in [-0.05, 0) is 30.0 Å². The first-order chi connectivity index (χ1) is 13.2. The van der Waals surface area contributed by atoms with Crippen molar-refractivity contribution >= 4 is 10.9 Å². The van der Waals surface area contributed by atoms with Gasteiger partial charge in [0.25, 0.3) is 5.56 Å². The number of aromatic amines is 1. The number of nitrogens with zero attached hydrogens (tertiary/aromatic N) is 1. The number of benzene rings is 2. The van der Waals surface area contributed by atoms with Gasteiger partial charge in [0.1, 0.15) is 12.1 Å². The van der Waals surface area contributed by atoms with Crippen molar-refractivity contribution in [3.8, 4) is 0 Å². The van der Waals surface area contributed by atoms with E-state index in [-0.39, 0.29) is 17.0 Å². The lowest BCUT2D eigenvalue weighted by Crippen LogP contribution is -2.87. The Labute approximate surface area is 167 Å². The first-order valence-corrected chi connectivity index (χ1v) is 10.1. The predicted octanol–water partition coefficient (Wildman–Crippen LogP) is 4.24. The summed E-state index contributed by atoms with van der Waals surface area (Å²) in [5.74, 6) is 1.18. The molecule has 0 aliphatic heterocycles. The van der Waals surface area contributed by atoms with E-state index < -0.39 is 0 Å². The summed E-state index contributed by atoms with van der Waals surface area (Å²) in [6.07, 6.45) is 0. The van der Waals surface area contributed by atoms with Crippen molar-refractivity contribution in [1.82, 2.24) is 9.97 Å². The van der Waals surface area contributed by atoms with Crippen LogP contribution in [0.4, 0.5) is 0 Å². The highest BCUT2D eigenvalue weighted by Crippen LogP contribution is 2.25. The van der Waals surface area contributed by atoms with Gasteiger partial charge in [0.2, 0.25) is 0 Å². The van der Waals surface area contributed by atoms with Crippen molar-refractivity contribution in [1.29, 1.82) is 0 Å². The Hall–Kier alpha value is -2.46. The van der Waals surface area contributed by atoms with E-state index in [1.165, 1.54) is 11.1 Å². The summed E-state index contributed by atoms with van der Waals surface area (Å²) in [7, 11) is 0. The molecule has 0 spiro atoms. The second-order valence-electron chi connectivity index (χ2n) is 9.09. The molecule has 28 heavy (non-hydrogen) atoms. The molecule has 148 valence electrons. The SMILES string of the molecule is CC(C)[C@H]([NH2+][C@H](C)c1nc2ccccc2c(=O)[nH]1)c1ccc(C(C)(C)C)cc1. The lowest BCUT2D eigenvalue weighted by atomic mass is 9.85. The molecular formula is C24H32N3O+. The molecular weight excluding hydrogens is 346 g/mol. The summed E-state index contributed by atoms with van der Waals surface area (Å²) in [4.78, 5) is 20.1. The van der Waals surface area contributed by atoms with Crippen LogP contribution in [0.25, 0.3) is 10.9 Å². The Morgan fingerprint density at radius 1 is 0.964 bits per heavy atom. The smallest absolute Gasteiger partial charge is 0.258 e. The van der Waals surface area contributed by atoms with Crippen LogP contribution in [0.15, 0.2) is 53.3 Å². The number of fused-ring (bicyclic) bond motifs is 1. The molecule has 1 heterocycles. The number of hydrogen-bond acceptors (Lipinski definition) is 2. The Morgan fingerprint density at radius 2 is 1.61 bits per heavy atom. The van der Waals surface area contributed by atoms with E-state index in [4.69, 9.17) is 4.98 Å². The summed E-state index contributed by atoms with van der Waals surface area (Å²) in [5.41, 5.74) is 3.47. The molecule has 2 aromatic carbocycles. The minimum absolute atomic E-state index is 0.0481. The topological polar surface area (TPSA) is 62.4 Å². The van der Waals surface area contributed by atoms with E-state index in [0.29, 0.717) is 17.3 Å². The Balaban J connectivity index is 1.87. The van der Waals surface area contributed by atoms with Crippen LogP contribution >= 0.6 is 0 Å². The summed E-state index contributed by atoms with van der Waals surface area (Å²) in [6, 6.07) is 16.8. The number of para-hydroxylation sites is 1. The zero-order chi connectivity index (χ0) is 20.5. The molecule has 4 heteroatoms. The Bertz CT molecular complexity index is 997. The molecule has 3 rings (SSSR count). The number of aromatic nitrogens is 2. The third-order valence-electron chi connectivity index (χ3n) is 5.44. The van der Waals surface area contributed by atoms with Crippen molar-refractivity contribution in [3.05, 3.63) is 75.8 Å². The van der Waals surface area contributed by atoms with Crippen LogP contribution in [-0.4, -0.2) is 9.97 Å². The molecule has 1 aromatic heterocycles. The second kappa shape index (κ2) is 7.88. The third kappa shape index (κ3) is 4.33. The van der Waals surface area contributed by atoms with Gasteiger partial charge < -0.3 is 10.3 Å². The summed E-state index contributed by atoms with van der Waals surface area (Å²) in [5, 5.41) is 2.95. The van der Waals surface area contributed by atoms with Gasteiger partial charge in [-0.1, -0.05) is 71.0 Å². The van der Waals surface area contributed by atoms with Crippen LogP contribution in [0, 0.1) is 5.92 Å². The second-order valence-corrected chi connectivity index (χ2v) is 9.09. The van der Waals surface area contributed by atoms with Gasteiger partial charge in [-0.2, -0.15) is 0 Å². The Morgan fingerprint density at radius 3 is 2.21 bits per heavy atom. The van der Waals surface area contributed by atoms with Crippen molar-refractivity contribution in [3.63, 3.8) is 0 Å². The number of hydrogen-bond donors (Lipinski definition) is 2. The normalized spacial score (nSPS) is 14.4. The van der Waals surface area contributed by atoms with Gasteiger partial charge in [0, 0.05) is 11.5 Å². The molecule has 0 aliphatic carbocycles. The van der Waals surface area contributed by atoms with Crippen LogP contribution in [0.5, 0.6) is 0 Å². The molecule has 4 nitrogen and oxygen atoms in total. The summed E-state index contributed by atoms with van der Waals surface area (Å²) in [6.45, 7) is 13.3. The lowest BCUT2D eigenvalue weighted by Gasteiger charge is -2.25. The average molecular weight is 379 g/mol. The monoisotopic (exact) mass is 378 g/mol. The molecule has 0 fully saturated rings.